The fourth-order valence-electron chi connectivity index (χ4n) is 2.45. The Bertz CT molecular complexity index is 637. The molecule has 2 rings (SSSR count). The second kappa shape index (κ2) is 7.23. The number of rotatable bonds is 6. The molecule has 2 aromatic rings. The number of methoxy groups -OCH3 is 1. The molecule has 3 nitrogen and oxygen atoms in total. The molecule has 1 atom stereocenters. The molecule has 0 aliphatic heterocycles. The number of aryl methyl sites for hydroxylation is 1. The third-order valence-corrected chi connectivity index (χ3v) is 3.94. The van der Waals surface area contributed by atoms with Gasteiger partial charge in [0, 0.05) is 6.54 Å². The van der Waals surface area contributed by atoms with Crippen LogP contribution in [0.4, 0.5) is 0 Å². The fraction of sp³-hybridized carbons (Fsp3) is 0.316. The van der Waals surface area contributed by atoms with Crippen LogP contribution in [0.25, 0.3) is 0 Å². The van der Waals surface area contributed by atoms with Gasteiger partial charge >= 0.3 is 0 Å². The molecule has 0 amide bonds. The number of hydrogen-bond acceptors (Lipinski definition) is 3. The fourth-order valence-corrected chi connectivity index (χ4v) is 2.45. The summed E-state index contributed by atoms with van der Waals surface area (Å²) in [5.74, 6) is 0.717. The summed E-state index contributed by atoms with van der Waals surface area (Å²) in [6.45, 7) is 4.66. The third-order valence-electron chi connectivity index (χ3n) is 3.94. The maximum atomic E-state index is 12.8. The van der Waals surface area contributed by atoms with Crippen LogP contribution in [0.2, 0.25) is 0 Å². The Morgan fingerprint density at radius 1 is 1.18 bits per heavy atom. The summed E-state index contributed by atoms with van der Waals surface area (Å²) >= 11 is 0. The smallest absolute Gasteiger partial charge is 0.183 e. The van der Waals surface area contributed by atoms with Crippen molar-refractivity contribution >= 4 is 5.78 Å². The van der Waals surface area contributed by atoms with Crippen molar-refractivity contribution in [1.29, 1.82) is 0 Å². The van der Waals surface area contributed by atoms with Crippen molar-refractivity contribution in [3.63, 3.8) is 0 Å². The van der Waals surface area contributed by atoms with Gasteiger partial charge in [0.1, 0.15) is 5.75 Å². The largest absolute Gasteiger partial charge is 0.496 e. The predicted octanol–water partition coefficient (Wildman–Crippen LogP) is 3.71. The number of Topliss-reactive ketones (excluding diaryl/α,β-unsaturated/α-hetero) is 1. The zero-order valence-electron chi connectivity index (χ0n) is 13.7. The minimum Gasteiger partial charge on any atom is -0.496 e. The minimum atomic E-state index is -0.212. The van der Waals surface area contributed by atoms with Gasteiger partial charge < -0.3 is 4.74 Å². The highest BCUT2D eigenvalue weighted by molar-refractivity contribution is 6.02. The first-order valence-electron chi connectivity index (χ1n) is 7.46. The summed E-state index contributed by atoms with van der Waals surface area (Å²) in [6.07, 6.45) is 0. The van der Waals surface area contributed by atoms with E-state index < -0.39 is 0 Å². The van der Waals surface area contributed by atoms with Crippen LogP contribution in [0.5, 0.6) is 5.75 Å². The molecule has 0 aliphatic carbocycles. The Labute approximate surface area is 132 Å². The van der Waals surface area contributed by atoms with Gasteiger partial charge in [0.15, 0.2) is 5.78 Å². The molecule has 0 saturated carbocycles. The Balaban J connectivity index is 2.16. The van der Waals surface area contributed by atoms with E-state index in [-0.39, 0.29) is 11.8 Å². The van der Waals surface area contributed by atoms with E-state index in [1.54, 1.807) is 7.11 Å². The molecule has 22 heavy (non-hydrogen) atoms. The van der Waals surface area contributed by atoms with E-state index in [0.29, 0.717) is 11.3 Å². The lowest BCUT2D eigenvalue weighted by Crippen LogP contribution is -2.35. The minimum absolute atomic E-state index is 0.0824. The van der Waals surface area contributed by atoms with E-state index in [1.807, 2.05) is 57.3 Å². The van der Waals surface area contributed by atoms with Gasteiger partial charge in [-0.15, -0.1) is 0 Å². The molecule has 0 saturated heterocycles. The SMILES string of the molecule is COc1ccc(C)cc1C(=O)C(C)N(C)Cc1ccccc1. The van der Waals surface area contributed by atoms with Crippen LogP contribution in [0.3, 0.4) is 0 Å². The van der Waals surface area contributed by atoms with E-state index >= 15 is 0 Å². The van der Waals surface area contributed by atoms with Crippen LogP contribution in [0, 0.1) is 6.92 Å². The standard InChI is InChI=1S/C19H23NO2/c1-14-10-11-18(22-4)17(12-14)19(21)15(2)20(3)13-16-8-6-5-7-9-16/h5-12,15H,13H2,1-4H3. The molecule has 0 N–H and O–H groups in total. The van der Waals surface area contributed by atoms with Crippen LogP contribution in [0.1, 0.15) is 28.4 Å². The van der Waals surface area contributed by atoms with Gasteiger partial charge in [0.25, 0.3) is 0 Å². The zero-order valence-corrected chi connectivity index (χ0v) is 13.7. The lowest BCUT2D eigenvalue weighted by Gasteiger charge is -2.24. The molecule has 0 aromatic heterocycles. The first-order chi connectivity index (χ1) is 10.5. The molecule has 0 bridgehead atoms. The van der Waals surface area contributed by atoms with E-state index in [4.69, 9.17) is 4.74 Å². The topological polar surface area (TPSA) is 29.5 Å². The Morgan fingerprint density at radius 2 is 1.86 bits per heavy atom. The number of benzene rings is 2. The van der Waals surface area contributed by atoms with Crippen molar-refractivity contribution in [3.05, 3.63) is 65.2 Å². The van der Waals surface area contributed by atoms with Gasteiger partial charge in [-0.05, 0) is 38.6 Å². The number of carbonyl (C=O) groups is 1. The predicted molar refractivity (Wildman–Crippen MR) is 89.4 cm³/mol. The van der Waals surface area contributed by atoms with E-state index in [1.165, 1.54) is 5.56 Å². The first-order valence-corrected chi connectivity index (χ1v) is 7.46. The van der Waals surface area contributed by atoms with Crippen LogP contribution in [-0.2, 0) is 6.54 Å². The Morgan fingerprint density at radius 3 is 2.50 bits per heavy atom. The summed E-state index contributed by atoms with van der Waals surface area (Å²) in [7, 11) is 3.57. The summed E-state index contributed by atoms with van der Waals surface area (Å²) in [5, 5.41) is 0. The van der Waals surface area contributed by atoms with Gasteiger partial charge in [-0.3, -0.25) is 9.69 Å². The first kappa shape index (κ1) is 16.2. The number of carbonyl (C=O) groups excluding carboxylic acids is 1. The quantitative estimate of drug-likeness (QED) is 0.761. The average molecular weight is 297 g/mol. The molecule has 2 aromatic carbocycles. The Hall–Kier alpha value is -2.13. The van der Waals surface area contributed by atoms with Crippen molar-refractivity contribution < 1.29 is 9.53 Å². The number of ketones is 1. The van der Waals surface area contributed by atoms with Gasteiger partial charge in [0.2, 0.25) is 0 Å². The summed E-state index contributed by atoms with van der Waals surface area (Å²) < 4.78 is 5.33. The molecule has 0 spiro atoms. The normalized spacial score (nSPS) is 12.2. The van der Waals surface area contributed by atoms with Crippen molar-refractivity contribution in [3.8, 4) is 5.75 Å². The summed E-state index contributed by atoms with van der Waals surface area (Å²) in [6, 6.07) is 15.7. The lowest BCUT2D eigenvalue weighted by molar-refractivity contribution is 0.0859. The zero-order chi connectivity index (χ0) is 16.1. The van der Waals surface area contributed by atoms with E-state index in [0.717, 1.165) is 12.1 Å². The highest BCUT2D eigenvalue weighted by Gasteiger charge is 2.22. The number of ether oxygens (including phenoxy) is 1. The summed E-state index contributed by atoms with van der Waals surface area (Å²) in [5.41, 5.74) is 2.90. The number of nitrogens with zero attached hydrogens (tertiary/aromatic N) is 1. The molecule has 0 aliphatic rings. The molecule has 1 unspecified atom stereocenters. The summed E-state index contributed by atoms with van der Waals surface area (Å²) in [4.78, 5) is 14.8. The van der Waals surface area contributed by atoms with E-state index in [9.17, 15) is 4.79 Å². The van der Waals surface area contributed by atoms with Crippen LogP contribution < -0.4 is 4.74 Å². The monoisotopic (exact) mass is 297 g/mol. The maximum absolute atomic E-state index is 12.8. The average Bonchev–Trinajstić information content (AvgIpc) is 2.54. The second-order valence-corrected chi connectivity index (χ2v) is 5.64. The molecule has 116 valence electrons. The van der Waals surface area contributed by atoms with Gasteiger partial charge in [-0.2, -0.15) is 0 Å². The van der Waals surface area contributed by atoms with Crippen molar-refractivity contribution in [1.82, 2.24) is 4.90 Å². The second-order valence-electron chi connectivity index (χ2n) is 5.64. The molecule has 3 heteroatoms. The van der Waals surface area contributed by atoms with Crippen molar-refractivity contribution in [2.75, 3.05) is 14.2 Å². The third kappa shape index (κ3) is 3.74. The van der Waals surface area contributed by atoms with Gasteiger partial charge in [-0.25, -0.2) is 0 Å². The lowest BCUT2D eigenvalue weighted by atomic mass is 10.0. The van der Waals surface area contributed by atoms with Crippen molar-refractivity contribution in [2.24, 2.45) is 0 Å². The Kier molecular flexibility index (Phi) is 5.34. The van der Waals surface area contributed by atoms with Crippen molar-refractivity contribution in [2.45, 2.75) is 26.4 Å². The maximum Gasteiger partial charge on any atom is 0.183 e. The molecular weight excluding hydrogens is 274 g/mol. The van der Waals surface area contributed by atoms with Gasteiger partial charge in [-0.1, -0.05) is 42.0 Å². The van der Waals surface area contributed by atoms with Crippen LogP contribution in [0.15, 0.2) is 48.5 Å². The molecule has 0 fully saturated rings. The van der Waals surface area contributed by atoms with Crippen LogP contribution in [-0.4, -0.2) is 30.9 Å². The highest BCUT2D eigenvalue weighted by Crippen LogP contribution is 2.22. The highest BCUT2D eigenvalue weighted by atomic mass is 16.5. The van der Waals surface area contributed by atoms with Crippen LogP contribution >= 0.6 is 0 Å². The number of likely N-dealkylation sites (N-methyl/N-ethyl adjacent to an activating group) is 1. The molecule has 0 heterocycles. The van der Waals surface area contributed by atoms with Gasteiger partial charge in [0.05, 0.1) is 18.7 Å². The molecular formula is C19H23NO2. The molecule has 0 radical (unpaired) electrons. The van der Waals surface area contributed by atoms with E-state index in [2.05, 4.69) is 17.0 Å². The number of hydrogen-bond donors (Lipinski definition) is 0.